The summed E-state index contributed by atoms with van der Waals surface area (Å²) in [5.41, 5.74) is 4.49. The van der Waals surface area contributed by atoms with Gasteiger partial charge in [0.25, 0.3) is 5.56 Å². The monoisotopic (exact) mass is 439 g/mol. The van der Waals surface area contributed by atoms with E-state index in [0.29, 0.717) is 16.9 Å². The summed E-state index contributed by atoms with van der Waals surface area (Å²) in [4.78, 5) is 19.2. The second-order valence-electron chi connectivity index (χ2n) is 6.94. The van der Waals surface area contributed by atoms with Crippen LogP contribution in [0.1, 0.15) is 16.7 Å². The van der Waals surface area contributed by atoms with Crippen molar-refractivity contribution in [3.8, 4) is 23.1 Å². The van der Waals surface area contributed by atoms with E-state index in [9.17, 15) is 14.4 Å². The summed E-state index contributed by atoms with van der Waals surface area (Å²) in [5, 5.41) is 13.5. The standard InChI is InChI=1S/C25H18FN5O2/c26-20-12-10-17(11-13-20)16-33-22-9-5-4-8-19(22)15-28-31-25-29-23(18-6-2-1-3-7-18)21(14-27)24(32)30-25/h1-13,15H,16H2,(H2,29,30,31,32). The lowest BCUT2D eigenvalue weighted by Gasteiger charge is -2.09. The topological polar surface area (TPSA) is 103 Å². The van der Waals surface area contributed by atoms with Crippen molar-refractivity contribution < 1.29 is 9.13 Å². The van der Waals surface area contributed by atoms with Crippen molar-refractivity contribution in [1.82, 2.24) is 9.97 Å². The molecule has 0 aliphatic heterocycles. The Bertz CT molecular complexity index is 1380. The molecular weight excluding hydrogens is 421 g/mol. The van der Waals surface area contributed by atoms with E-state index in [1.165, 1.54) is 18.3 Å². The van der Waals surface area contributed by atoms with Crippen LogP contribution in [0.2, 0.25) is 0 Å². The molecule has 0 spiro atoms. The molecular formula is C25H18FN5O2. The average Bonchev–Trinajstić information content (AvgIpc) is 2.84. The molecule has 3 aromatic carbocycles. The van der Waals surface area contributed by atoms with Gasteiger partial charge in [-0.15, -0.1) is 0 Å². The molecule has 33 heavy (non-hydrogen) atoms. The zero-order valence-corrected chi connectivity index (χ0v) is 17.3. The Morgan fingerprint density at radius 3 is 2.55 bits per heavy atom. The number of halogens is 1. The highest BCUT2D eigenvalue weighted by molar-refractivity contribution is 5.83. The third kappa shape index (κ3) is 5.29. The van der Waals surface area contributed by atoms with Gasteiger partial charge in [-0.2, -0.15) is 10.4 Å². The Balaban J connectivity index is 1.52. The summed E-state index contributed by atoms with van der Waals surface area (Å²) in [6.07, 6.45) is 1.53. The first kappa shape index (κ1) is 21.5. The van der Waals surface area contributed by atoms with Gasteiger partial charge in [-0.25, -0.2) is 14.8 Å². The van der Waals surface area contributed by atoms with E-state index in [0.717, 1.165) is 5.56 Å². The number of hydrazone groups is 1. The third-order valence-electron chi connectivity index (χ3n) is 4.68. The number of nitrogens with zero attached hydrogens (tertiary/aromatic N) is 3. The molecule has 0 fully saturated rings. The lowest BCUT2D eigenvalue weighted by molar-refractivity contribution is 0.305. The number of H-pyrrole nitrogens is 1. The molecule has 162 valence electrons. The number of nitrogens with one attached hydrogen (secondary N) is 2. The first-order valence-corrected chi connectivity index (χ1v) is 9.99. The van der Waals surface area contributed by atoms with Gasteiger partial charge in [-0.1, -0.05) is 54.6 Å². The maximum atomic E-state index is 13.1. The molecule has 0 aliphatic carbocycles. The summed E-state index contributed by atoms with van der Waals surface area (Å²) in [6.45, 7) is 0.267. The smallest absolute Gasteiger partial charge is 0.270 e. The lowest BCUT2D eigenvalue weighted by atomic mass is 10.1. The van der Waals surface area contributed by atoms with Crippen LogP contribution in [0.4, 0.5) is 10.3 Å². The van der Waals surface area contributed by atoms with Crippen molar-refractivity contribution in [3.63, 3.8) is 0 Å². The van der Waals surface area contributed by atoms with Crippen molar-refractivity contribution in [3.05, 3.63) is 112 Å². The maximum absolute atomic E-state index is 13.1. The Kier molecular flexibility index (Phi) is 6.52. The van der Waals surface area contributed by atoms with Crippen LogP contribution in [0.25, 0.3) is 11.3 Å². The van der Waals surface area contributed by atoms with E-state index in [4.69, 9.17) is 4.74 Å². The van der Waals surface area contributed by atoms with E-state index in [1.54, 1.807) is 42.5 Å². The molecule has 0 unspecified atom stereocenters. The number of benzene rings is 3. The summed E-state index contributed by atoms with van der Waals surface area (Å²) in [6, 6.07) is 24.2. The molecule has 0 saturated carbocycles. The van der Waals surface area contributed by atoms with Gasteiger partial charge in [0.15, 0.2) is 0 Å². The summed E-state index contributed by atoms with van der Waals surface area (Å²) in [5.74, 6) is 0.375. The molecule has 0 amide bonds. The zero-order valence-electron chi connectivity index (χ0n) is 17.3. The number of anilines is 1. The van der Waals surface area contributed by atoms with Gasteiger partial charge in [0.2, 0.25) is 5.95 Å². The highest BCUT2D eigenvalue weighted by Crippen LogP contribution is 2.20. The molecule has 0 aliphatic rings. The van der Waals surface area contributed by atoms with Gasteiger partial charge < -0.3 is 4.74 Å². The van der Waals surface area contributed by atoms with Gasteiger partial charge in [0, 0.05) is 11.1 Å². The molecule has 8 heteroatoms. The SMILES string of the molecule is N#Cc1c(-c2ccccc2)nc(NN=Cc2ccccc2OCc2ccc(F)cc2)[nH]c1=O. The van der Waals surface area contributed by atoms with Gasteiger partial charge >= 0.3 is 0 Å². The van der Waals surface area contributed by atoms with Crippen LogP contribution in [0, 0.1) is 17.1 Å². The number of rotatable bonds is 7. The molecule has 0 radical (unpaired) electrons. The van der Waals surface area contributed by atoms with Crippen LogP contribution in [0.3, 0.4) is 0 Å². The predicted octanol–water partition coefficient (Wildman–Crippen LogP) is 4.47. The van der Waals surface area contributed by atoms with E-state index >= 15 is 0 Å². The Morgan fingerprint density at radius 2 is 1.79 bits per heavy atom. The number of hydrogen-bond acceptors (Lipinski definition) is 6. The predicted molar refractivity (Wildman–Crippen MR) is 123 cm³/mol. The van der Waals surface area contributed by atoms with Crippen molar-refractivity contribution in [2.45, 2.75) is 6.61 Å². The Morgan fingerprint density at radius 1 is 1.06 bits per heavy atom. The first-order chi connectivity index (χ1) is 16.1. The second kappa shape index (κ2) is 10.0. The Hall–Kier alpha value is -4.77. The molecule has 1 aromatic heterocycles. The van der Waals surface area contributed by atoms with Crippen LogP contribution in [-0.2, 0) is 6.61 Å². The molecule has 2 N–H and O–H groups in total. The van der Waals surface area contributed by atoms with E-state index < -0.39 is 5.56 Å². The normalized spacial score (nSPS) is 10.7. The van der Waals surface area contributed by atoms with Crippen LogP contribution >= 0.6 is 0 Å². The number of nitriles is 1. The number of para-hydroxylation sites is 1. The second-order valence-corrected chi connectivity index (χ2v) is 6.94. The maximum Gasteiger partial charge on any atom is 0.270 e. The van der Waals surface area contributed by atoms with Crippen LogP contribution in [0.5, 0.6) is 5.75 Å². The fourth-order valence-corrected chi connectivity index (χ4v) is 3.06. The summed E-state index contributed by atoms with van der Waals surface area (Å²) < 4.78 is 18.9. The molecule has 1 heterocycles. The van der Waals surface area contributed by atoms with Crippen molar-refractivity contribution in [1.29, 1.82) is 5.26 Å². The van der Waals surface area contributed by atoms with Crippen molar-refractivity contribution in [2.75, 3.05) is 5.43 Å². The number of hydrogen-bond donors (Lipinski definition) is 2. The van der Waals surface area contributed by atoms with Gasteiger partial charge in [0.05, 0.1) is 11.9 Å². The number of aromatic nitrogens is 2. The van der Waals surface area contributed by atoms with Crippen LogP contribution in [0.15, 0.2) is 88.8 Å². The minimum atomic E-state index is -0.563. The highest BCUT2D eigenvalue weighted by atomic mass is 19.1. The quantitative estimate of drug-likeness (QED) is 0.327. The van der Waals surface area contributed by atoms with Gasteiger partial charge in [-0.05, 0) is 29.8 Å². The molecule has 0 atom stereocenters. The van der Waals surface area contributed by atoms with Gasteiger partial charge in [0.1, 0.15) is 29.8 Å². The number of ether oxygens (including phenoxy) is 1. The fourth-order valence-electron chi connectivity index (χ4n) is 3.06. The first-order valence-electron chi connectivity index (χ1n) is 9.99. The summed E-state index contributed by atoms with van der Waals surface area (Å²) >= 11 is 0. The lowest BCUT2D eigenvalue weighted by Crippen LogP contribution is -2.16. The van der Waals surface area contributed by atoms with Crippen molar-refractivity contribution in [2.24, 2.45) is 5.10 Å². The molecule has 4 rings (SSSR count). The zero-order chi connectivity index (χ0) is 23.0. The van der Waals surface area contributed by atoms with E-state index in [-0.39, 0.29) is 29.6 Å². The van der Waals surface area contributed by atoms with E-state index in [1.807, 2.05) is 30.3 Å². The van der Waals surface area contributed by atoms with Crippen LogP contribution < -0.4 is 15.7 Å². The molecule has 4 aromatic rings. The van der Waals surface area contributed by atoms with Crippen LogP contribution in [-0.4, -0.2) is 16.2 Å². The molecule has 0 saturated heterocycles. The summed E-state index contributed by atoms with van der Waals surface area (Å²) in [7, 11) is 0. The highest BCUT2D eigenvalue weighted by Gasteiger charge is 2.13. The van der Waals surface area contributed by atoms with Crippen molar-refractivity contribution >= 4 is 12.2 Å². The third-order valence-corrected chi connectivity index (χ3v) is 4.68. The minimum absolute atomic E-state index is 0.0738. The van der Waals surface area contributed by atoms with E-state index in [2.05, 4.69) is 20.5 Å². The van der Waals surface area contributed by atoms with Gasteiger partial charge in [-0.3, -0.25) is 9.78 Å². The molecule has 7 nitrogen and oxygen atoms in total. The minimum Gasteiger partial charge on any atom is -0.488 e. The average molecular weight is 439 g/mol. The Labute approximate surface area is 188 Å². The largest absolute Gasteiger partial charge is 0.488 e. The fraction of sp³-hybridized carbons (Fsp3) is 0.0400. The number of aromatic amines is 1. The molecule has 0 bridgehead atoms.